The van der Waals surface area contributed by atoms with Crippen molar-refractivity contribution < 1.29 is 24.0 Å². The van der Waals surface area contributed by atoms with E-state index in [9.17, 15) is 19.7 Å². The number of anilines is 2. The number of nitro benzene ring substituents is 1. The minimum Gasteiger partial charge on any atom is -0.493 e. The second-order valence-electron chi connectivity index (χ2n) is 9.04. The number of halogens is 1. The van der Waals surface area contributed by atoms with Gasteiger partial charge >= 0.3 is 0 Å². The number of nitro groups is 1. The lowest BCUT2D eigenvalue weighted by Gasteiger charge is -2.36. The molecule has 4 aromatic carbocycles. The molecule has 0 spiro atoms. The van der Waals surface area contributed by atoms with Crippen LogP contribution in [0, 0.1) is 13.7 Å². The van der Waals surface area contributed by atoms with Crippen molar-refractivity contribution in [3.05, 3.63) is 127 Å². The van der Waals surface area contributed by atoms with Gasteiger partial charge in [-0.1, -0.05) is 48.5 Å². The van der Waals surface area contributed by atoms with Gasteiger partial charge in [0.25, 0.3) is 17.5 Å². The number of ether oxygens (including phenoxy) is 2. The van der Waals surface area contributed by atoms with Gasteiger partial charge in [-0.05, 0) is 88.4 Å². The Hall–Kier alpha value is -4.62. The summed E-state index contributed by atoms with van der Waals surface area (Å²) < 4.78 is 12.2. The number of nitrogens with zero attached hydrogens (tertiary/aromatic N) is 3. The monoisotopic (exact) mass is 691 g/mol. The van der Waals surface area contributed by atoms with E-state index in [2.05, 4.69) is 22.6 Å². The number of hydrogen-bond donors (Lipinski definition) is 0. The van der Waals surface area contributed by atoms with Crippen molar-refractivity contribution in [2.24, 2.45) is 0 Å². The van der Waals surface area contributed by atoms with Gasteiger partial charge in [-0.25, -0.2) is 0 Å². The van der Waals surface area contributed by atoms with Crippen molar-refractivity contribution in [1.82, 2.24) is 0 Å². The lowest BCUT2D eigenvalue weighted by Crippen LogP contribution is -2.56. The van der Waals surface area contributed by atoms with E-state index in [1.807, 2.05) is 12.1 Å². The van der Waals surface area contributed by atoms with Crippen LogP contribution in [-0.4, -0.2) is 29.0 Å². The lowest BCUT2D eigenvalue weighted by atomic mass is 10.0. The van der Waals surface area contributed by atoms with Crippen LogP contribution in [0.15, 0.2) is 103 Å². The Kier molecular flexibility index (Phi) is 8.59. The van der Waals surface area contributed by atoms with E-state index in [1.54, 1.807) is 72.8 Å². The summed E-state index contributed by atoms with van der Waals surface area (Å²) in [6.45, 7) is 0.0704. The first-order valence-electron chi connectivity index (χ1n) is 12.6. The molecule has 0 saturated carbocycles. The molecule has 0 aliphatic carbocycles. The summed E-state index contributed by atoms with van der Waals surface area (Å²) in [6, 6.07) is 27.4. The summed E-state index contributed by atoms with van der Waals surface area (Å²) >= 11 is 7.74. The van der Waals surface area contributed by atoms with Gasteiger partial charge in [-0.15, -0.1) is 0 Å². The number of para-hydroxylation sites is 2. The van der Waals surface area contributed by atoms with E-state index in [-0.39, 0.29) is 23.0 Å². The highest BCUT2D eigenvalue weighted by molar-refractivity contribution is 14.1. The van der Waals surface area contributed by atoms with Crippen molar-refractivity contribution in [3.63, 3.8) is 0 Å². The summed E-state index contributed by atoms with van der Waals surface area (Å²) in [5, 5.41) is 11.2. The molecule has 1 fully saturated rings. The number of thiocarbonyl (C=S) groups is 1. The fourth-order valence-corrected chi connectivity index (χ4v) is 5.54. The number of non-ortho nitro benzene ring substituents is 1. The Balaban J connectivity index is 1.52. The average Bonchev–Trinajstić information content (AvgIpc) is 2.99. The van der Waals surface area contributed by atoms with Crippen LogP contribution < -0.4 is 19.3 Å². The Morgan fingerprint density at radius 2 is 1.48 bits per heavy atom. The maximum atomic E-state index is 13.8. The average molecular weight is 692 g/mol. The molecule has 2 amide bonds. The van der Waals surface area contributed by atoms with Crippen molar-refractivity contribution in [2.75, 3.05) is 16.9 Å². The van der Waals surface area contributed by atoms with Crippen LogP contribution in [0.1, 0.15) is 11.1 Å². The van der Waals surface area contributed by atoms with E-state index in [4.69, 9.17) is 21.7 Å². The maximum absolute atomic E-state index is 13.8. The zero-order valence-corrected chi connectivity index (χ0v) is 25.1. The van der Waals surface area contributed by atoms with Crippen LogP contribution in [0.4, 0.5) is 17.1 Å². The molecule has 0 atom stereocenters. The van der Waals surface area contributed by atoms with E-state index in [1.165, 1.54) is 35.1 Å². The molecule has 1 aliphatic rings. The first-order valence-corrected chi connectivity index (χ1v) is 14.1. The topological polar surface area (TPSA) is 102 Å². The highest BCUT2D eigenvalue weighted by Crippen LogP contribution is 2.36. The van der Waals surface area contributed by atoms with E-state index in [0.717, 1.165) is 0 Å². The van der Waals surface area contributed by atoms with Crippen molar-refractivity contribution in [3.8, 4) is 11.5 Å². The van der Waals surface area contributed by atoms with Gasteiger partial charge in [0.15, 0.2) is 16.6 Å². The molecule has 0 N–H and O–H groups in total. The third kappa shape index (κ3) is 5.87. The van der Waals surface area contributed by atoms with Gasteiger partial charge < -0.3 is 9.47 Å². The minimum absolute atomic E-state index is 0.0323. The van der Waals surface area contributed by atoms with Gasteiger partial charge in [0.05, 0.1) is 27.0 Å². The summed E-state index contributed by atoms with van der Waals surface area (Å²) in [7, 11) is 1.48. The largest absolute Gasteiger partial charge is 0.493 e. The molecular formula is C31H22IN3O6S. The number of carbonyl (C=O) groups is 2. The molecule has 0 unspecified atom stereocenters. The molecule has 1 aliphatic heterocycles. The van der Waals surface area contributed by atoms with Gasteiger partial charge in [0.2, 0.25) is 0 Å². The van der Waals surface area contributed by atoms with E-state index < -0.39 is 16.7 Å². The van der Waals surface area contributed by atoms with Crippen LogP contribution in [0.5, 0.6) is 11.5 Å². The molecule has 0 radical (unpaired) electrons. The fraction of sp³-hybridized carbons (Fsp3) is 0.0645. The van der Waals surface area contributed by atoms with Crippen molar-refractivity contribution >= 4 is 74.9 Å². The van der Waals surface area contributed by atoms with Crippen LogP contribution in [0.2, 0.25) is 0 Å². The highest BCUT2D eigenvalue weighted by Gasteiger charge is 2.41. The van der Waals surface area contributed by atoms with Crippen molar-refractivity contribution in [1.29, 1.82) is 0 Å². The standard InChI is InChI=1S/C31H22IN3O6S/c1-40-27-18-21(17-26(32)28(27)41-19-20-9-8-14-24(15-20)35(38)39)16-25-29(36)33(22-10-4-2-5-11-22)31(42)34(30(25)37)23-12-6-3-7-13-23/h2-18H,19H2,1H3. The SMILES string of the molecule is COc1cc(C=C2C(=O)N(c3ccccc3)C(=S)N(c3ccccc3)C2=O)cc(I)c1OCc1cccc([N+](=O)[O-])c1. The smallest absolute Gasteiger partial charge is 0.270 e. The molecule has 210 valence electrons. The number of carbonyl (C=O) groups excluding carboxylic acids is 2. The Bertz CT molecular complexity index is 1670. The second-order valence-corrected chi connectivity index (χ2v) is 10.6. The number of methoxy groups -OCH3 is 1. The number of hydrogen-bond acceptors (Lipinski definition) is 7. The summed E-state index contributed by atoms with van der Waals surface area (Å²) in [5.74, 6) is -0.317. The summed E-state index contributed by atoms with van der Waals surface area (Å²) in [5.41, 5.74) is 2.09. The number of benzene rings is 4. The van der Waals surface area contributed by atoms with Gasteiger partial charge in [-0.2, -0.15) is 0 Å². The minimum atomic E-state index is -0.552. The van der Waals surface area contributed by atoms with Gasteiger partial charge in [0.1, 0.15) is 12.2 Å². The lowest BCUT2D eigenvalue weighted by molar-refractivity contribution is -0.384. The predicted octanol–water partition coefficient (Wildman–Crippen LogP) is 6.54. The molecule has 0 bridgehead atoms. The number of rotatable bonds is 8. The Morgan fingerprint density at radius 1 is 0.881 bits per heavy atom. The fourth-order valence-electron chi connectivity index (χ4n) is 4.38. The maximum Gasteiger partial charge on any atom is 0.270 e. The molecule has 1 saturated heterocycles. The third-order valence-electron chi connectivity index (χ3n) is 6.35. The molecule has 0 aromatic heterocycles. The second kappa shape index (κ2) is 12.5. The van der Waals surface area contributed by atoms with Crippen LogP contribution in [0.3, 0.4) is 0 Å². The zero-order valence-electron chi connectivity index (χ0n) is 22.1. The van der Waals surface area contributed by atoms with E-state index in [0.29, 0.717) is 37.6 Å². The first kappa shape index (κ1) is 28.9. The molecular weight excluding hydrogens is 669 g/mol. The van der Waals surface area contributed by atoms with Crippen LogP contribution >= 0.6 is 34.8 Å². The zero-order chi connectivity index (χ0) is 29.8. The molecule has 9 nitrogen and oxygen atoms in total. The molecule has 4 aromatic rings. The molecule has 1 heterocycles. The van der Waals surface area contributed by atoms with E-state index >= 15 is 0 Å². The summed E-state index contributed by atoms with van der Waals surface area (Å²) in [4.78, 5) is 40.9. The summed E-state index contributed by atoms with van der Waals surface area (Å²) in [6.07, 6.45) is 1.51. The van der Waals surface area contributed by atoms with Gasteiger partial charge in [0, 0.05) is 12.1 Å². The predicted molar refractivity (Wildman–Crippen MR) is 172 cm³/mol. The first-order chi connectivity index (χ1) is 20.3. The Labute approximate surface area is 260 Å². The van der Waals surface area contributed by atoms with Crippen molar-refractivity contribution in [2.45, 2.75) is 6.61 Å². The van der Waals surface area contributed by atoms with Gasteiger partial charge in [-0.3, -0.25) is 29.5 Å². The highest BCUT2D eigenvalue weighted by atomic mass is 127. The van der Waals surface area contributed by atoms with Crippen LogP contribution in [0.25, 0.3) is 6.08 Å². The normalized spacial score (nSPS) is 13.3. The molecule has 11 heteroatoms. The molecule has 42 heavy (non-hydrogen) atoms. The number of amides is 2. The third-order valence-corrected chi connectivity index (χ3v) is 7.51. The Morgan fingerprint density at radius 3 is 2.02 bits per heavy atom. The van der Waals surface area contributed by atoms with Crippen LogP contribution in [-0.2, 0) is 16.2 Å². The molecule has 5 rings (SSSR count). The quantitative estimate of drug-likeness (QED) is 0.0517.